The highest BCUT2D eigenvalue weighted by Crippen LogP contribution is 2.23. The summed E-state index contributed by atoms with van der Waals surface area (Å²) in [4.78, 5) is 25.9. The quantitative estimate of drug-likeness (QED) is 0.875. The van der Waals surface area contributed by atoms with Crippen molar-refractivity contribution in [1.29, 1.82) is 0 Å². The molecular weight excluding hydrogens is 308 g/mol. The van der Waals surface area contributed by atoms with Gasteiger partial charge in [-0.3, -0.25) is 9.69 Å². The molecule has 3 rings (SSSR count). The molecule has 126 valence electrons. The molecule has 0 amide bonds. The number of hydrogen-bond acceptors (Lipinski definition) is 4. The number of hydrogen-bond donors (Lipinski definition) is 2. The number of nitrogens with zero attached hydrogens (tertiary/aromatic N) is 2. The lowest BCUT2D eigenvalue weighted by molar-refractivity contribution is -0.139. The molecule has 1 aromatic carbocycles. The summed E-state index contributed by atoms with van der Waals surface area (Å²) in [5, 5.41) is 19.6. The van der Waals surface area contributed by atoms with Crippen LogP contribution in [0.1, 0.15) is 30.1 Å². The van der Waals surface area contributed by atoms with Crippen LogP contribution in [0.4, 0.5) is 0 Å². The summed E-state index contributed by atoms with van der Waals surface area (Å²) in [6, 6.07) is 9.17. The predicted octanol–water partition coefficient (Wildman–Crippen LogP) is 1.82. The van der Waals surface area contributed by atoms with E-state index in [1.807, 2.05) is 6.07 Å². The van der Waals surface area contributed by atoms with Crippen LogP contribution in [-0.4, -0.2) is 38.7 Å². The number of carboxylic acids is 1. The highest BCUT2D eigenvalue weighted by molar-refractivity contribution is 5.76. The van der Waals surface area contributed by atoms with Crippen LogP contribution >= 0.6 is 0 Å². The number of aromatic nitrogens is 1. The molecule has 2 N–H and O–H groups in total. The number of pyridine rings is 1. The molecule has 6 nitrogen and oxygen atoms in total. The number of carbonyl (C=O) groups is 1. The molecule has 2 aromatic rings. The first-order valence-electron chi connectivity index (χ1n) is 8.00. The van der Waals surface area contributed by atoms with Crippen LogP contribution in [0.5, 0.6) is 5.75 Å². The van der Waals surface area contributed by atoms with Crippen LogP contribution in [0.2, 0.25) is 0 Å². The second kappa shape index (κ2) is 6.88. The normalized spacial score (nSPS) is 16.2. The smallest absolute Gasteiger partial charge is 0.331 e. The van der Waals surface area contributed by atoms with E-state index in [4.69, 9.17) is 0 Å². The van der Waals surface area contributed by atoms with Gasteiger partial charge in [0.25, 0.3) is 0 Å². The van der Waals surface area contributed by atoms with Crippen molar-refractivity contribution in [3.05, 3.63) is 64.1 Å². The van der Waals surface area contributed by atoms with Gasteiger partial charge in [0.2, 0.25) is 5.43 Å². The highest BCUT2D eigenvalue weighted by atomic mass is 16.4. The molecule has 1 saturated heterocycles. The van der Waals surface area contributed by atoms with E-state index < -0.39 is 23.2 Å². The summed E-state index contributed by atoms with van der Waals surface area (Å²) in [7, 11) is 0. The van der Waals surface area contributed by atoms with Crippen LogP contribution in [-0.2, 0) is 11.3 Å². The van der Waals surface area contributed by atoms with Gasteiger partial charge in [0.05, 0.1) is 6.20 Å². The van der Waals surface area contributed by atoms with Gasteiger partial charge in [0.1, 0.15) is 0 Å². The van der Waals surface area contributed by atoms with E-state index in [0.717, 1.165) is 25.9 Å². The Labute approximate surface area is 139 Å². The number of aliphatic carboxylic acids is 1. The zero-order valence-corrected chi connectivity index (χ0v) is 13.3. The summed E-state index contributed by atoms with van der Waals surface area (Å²) in [5.41, 5.74) is 0.698. The fourth-order valence-electron chi connectivity index (χ4n) is 3.17. The molecule has 0 radical (unpaired) electrons. The molecule has 0 spiro atoms. The molecule has 1 unspecified atom stereocenters. The Balaban J connectivity index is 2.07. The van der Waals surface area contributed by atoms with Crippen molar-refractivity contribution in [3.63, 3.8) is 0 Å². The van der Waals surface area contributed by atoms with Crippen molar-refractivity contribution in [2.45, 2.75) is 25.4 Å². The Morgan fingerprint density at radius 2 is 1.83 bits per heavy atom. The van der Waals surface area contributed by atoms with E-state index in [2.05, 4.69) is 4.90 Å². The molecular formula is C18H20N2O4. The van der Waals surface area contributed by atoms with E-state index in [0.29, 0.717) is 17.8 Å². The van der Waals surface area contributed by atoms with E-state index >= 15 is 0 Å². The van der Waals surface area contributed by atoms with Gasteiger partial charge in [-0.2, -0.15) is 0 Å². The van der Waals surface area contributed by atoms with Gasteiger partial charge in [-0.25, -0.2) is 4.79 Å². The molecule has 1 aliphatic rings. The standard InChI is InChI=1S/C18H20N2O4/c21-15-10-14(11-19-8-4-5-9-19)20(12-16(15)22)17(18(23)24)13-6-2-1-3-7-13/h1-3,6-7,10,12,17,22H,4-5,8-9,11H2,(H,23,24). The molecule has 0 aliphatic carbocycles. The fourth-order valence-corrected chi connectivity index (χ4v) is 3.17. The molecule has 0 bridgehead atoms. The van der Waals surface area contributed by atoms with E-state index in [1.54, 1.807) is 24.3 Å². The third-order valence-electron chi connectivity index (χ3n) is 4.35. The first-order valence-corrected chi connectivity index (χ1v) is 8.00. The average Bonchev–Trinajstić information content (AvgIpc) is 3.06. The lowest BCUT2D eigenvalue weighted by atomic mass is 10.1. The Morgan fingerprint density at radius 1 is 1.17 bits per heavy atom. The van der Waals surface area contributed by atoms with Crippen molar-refractivity contribution in [1.82, 2.24) is 9.47 Å². The lowest BCUT2D eigenvalue weighted by Crippen LogP contribution is -2.28. The maximum Gasteiger partial charge on any atom is 0.331 e. The first kappa shape index (κ1) is 16.3. The van der Waals surface area contributed by atoms with Crippen LogP contribution < -0.4 is 5.43 Å². The maximum absolute atomic E-state index is 11.9. The second-order valence-electron chi connectivity index (χ2n) is 6.06. The van der Waals surface area contributed by atoms with Gasteiger partial charge >= 0.3 is 5.97 Å². The van der Waals surface area contributed by atoms with Crippen molar-refractivity contribution >= 4 is 5.97 Å². The summed E-state index contributed by atoms with van der Waals surface area (Å²) >= 11 is 0. The number of aromatic hydroxyl groups is 1. The van der Waals surface area contributed by atoms with Gasteiger partial charge in [-0.1, -0.05) is 30.3 Å². The van der Waals surface area contributed by atoms with Gasteiger partial charge < -0.3 is 14.8 Å². The summed E-state index contributed by atoms with van der Waals surface area (Å²) in [5.74, 6) is -1.48. The van der Waals surface area contributed by atoms with E-state index in [1.165, 1.54) is 16.8 Å². The number of rotatable bonds is 5. The summed E-state index contributed by atoms with van der Waals surface area (Å²) in [6.45, 7) is 2.35. The summed E-state index contributed by atoms with van der Waals surface area (Å²) < 4.78 is 1.49. The maximum atomic E-state index is 11.9. The molecule has 1 atom stereocenters. The molecule has 24 heavy (non-hydrogen) atoms. The van der Waals surface area contributed by atoms with Crippen molar-refractivity contribution in [2.24, 2.45) is 0 Å². The lowest BCUT2D eigenvalue weighted by Gasteiger charge is -2.24. The van der Waals surface area contributed by atoms with Crippen LogP contribution in [0.25, 0.3) is 0 Å². The van der Waals surface area contributed by atoms with Gasteiger partial charge in [-0.05, 0) is 31.5 Å². The van der Waals surface area contributed by atoms with Gasteiger partial charge in [-0.15, -0.1) is 0 Å². The molecule has 1 fully saturated rings. The second-order valence-corrected chi connectivity index (χ2v) is 6.06. The van der Waals surface area contributed by atoms with Crippen LogP contribution in [0, 0.1) is 0 Å². The SMILES string of the molecule is O=C(O)C(c1ccccc1)n1cc(O)c(=O)cc1CN1CCCC1. The predicted molar refractivity (Wildman–Crippen MR) is 89.1 cm³/mol. The fraction of sp³-hybridized carbons (Fsp3) is 0.333. The minimum absolute atomic E-state index is 0.442. The average molecular weight is 328 g/mol. The van der Waals surface area contributed by atoms with Gasteiger partial charge in [0.15, 0.2) is 11.8 Å². The van der Waals surface area contributed by atoms with Crippen molar-refractivity contribution in [2.75, 3.05) is 13.1 Å². The number of likely N-dealkylation sites (tertiary alicyclic amines) is 1. The first-order chi connectivity index (χ1) is 11.6. The zero-order chi connectivity index (χ0) is 17.1. The van der Waals surface area contributed by atoms with E-state index in [9.17, 15) is 19.8 Å². The van der Waals surface area contributed by atoms with Crippen molar-refractivity contribution in [3.8, 4) is 5.75 Å². The summed E-state index contributed by atoms with van der Waals surface area (Å²) in [6.07, 6.45) is 3.44. The molecule has 1 aliphatic heterocycles. The van der Waals surface area contributed by atoms with Crippen LogP contribution in [0.15, 0.2) is 47.4 Å². The molecule has 6 heteroatoms. The number of carboxylic acid groups (broad SMARTS) is 1. The largest absolute Gasteiger partial charge is 0.503 e. The third kappa shape index (κ3) is 3.33. The molecule has 2 heterocycles. The molecule has 1 aromatic heterocycles. The monoisotopic (exact) mass is 328 g/mol. The Kier molecular flexibility index (Phi) is 4.66. The Bertz CT molecular complexity index is 779. The van der Waals surface area contributed by atoms with Crippen molar-refractivity contribution < 1.29 is 15.0 Å². The minimum atomic E-state index is -1.04. The van der Waals surface area contributed by atoms with E-state index in [-0.39, 0.29) is 0 Å². The van der Waals surface area contributed by atoms with Gasteiger partial charge in [0, 0.05) is 18.3 Å². The number of benzene rings is 1. The third-order valence-corrected chi connectivity index (χ3v) is 4.35. The zero-order valence-electron chi connectivity index (χ0n) is 13.3. The Morgan fingerprint density at radius 3 is 2.46 bits per heavy atom. The minimum Gasteiger partial charge on any atom is -0.503 e. The highest BCUT2D eigenvalue weighted by Gasteiger charge is 2.25. The topological polar surface area (TPSA) is 82.8 Å². The molecule has 0 saturated carbocycles. The Hall–Kier alpha value is -2.60. The van der Waals surface area contributed by atoms with Crippen LogP contribution in [0.3, 0.4) is 0 Å².